The first-order valence-electron chi connectivity index (χ1n) is 10.5. The maximum absolute atomic E-state index is 12.7. The maximum Gasteiger partial charge on any atom is 0.261 e. The standard InChI is InChI=1S/C26H23N3O3S2/c1-19-7-2-3-10-24(19)29-34(31,32)23-14-12-21(13-15-23)26(30)28-22-9-6-8-20(17-22)18-33-25-11-4-5-16-27-25/h2-17,29H,18H2,1H3,(H,28,30). The van der Waals surface area contributed by atoms with Gasteiger partial charge in [-0.05, 0) is 72.6 Å². The van der Waals surface area contributed by atoms with Crippen molar-refractivity contribution in [2.45, 2.75) is 22.6 Å². The summed E-state index contributed by atoms with van der Waals surface area (Å²) >= 11 is 1.62. The molecule has 4 aromatic rings. The number of rotatable bonds is 8. The Kier molecular flexibility index (Phi) is 7.30. The van der Waals surface area contributed by atoms with Gasteiger partial charge in [-0.25, -0.2) is 13.4 Å². The highest BCUT2D eigenvalue weighted by molar-refractivity contribution is 7.98. The second kappa shape index (κ2) is 10.5. The van der Waals surface area contributed by atoms with Gasteiger partial charge >= 0.3 is 0 Å². The third-order valence-electron chi connectivity index (χ3n) is 5.03. The normalized spacial score (nSPS) is 11.1. The largest absolute Gasteiger partial charge is 0.322 e. The second-order valence-electron chi connectivity index (χ2n) is 7.56. The fraction of sp³-hybridized carbons (Fsp3) is 0.0769. The van der Waals surface area contributed by atoms with Crippen LogP contribution in [0, 0.1) is 6.92 Å². The highest BCUT2D eigenvalue weighted by Gasteiger charge is 2.16. The van der Waals surface area contributed by atoms with E-state index in [0.29, 0.717) is 16.9 Å². The number of thioether (sulfide) groups is 1. The SMILES string of the molecule is Cc1ccccc1NS(=O)(=O)c1ccc(C(=O)Nc2cccc(CSc3ccccn3)c2)cc1. The Labute approximate surface area is 203 Å². The van der Waals surface area contributed by atoms with Crippen LogP contribution in [0.1, 0.15) is 21.5 Å². The number of nitrogens with zero attached hydrogens (tertiary/aromatic N) is 1. The van der Waals surface area contributed by atoms with Gasteiger partial charge in [0.2, 0.25) is 0 Å². The Morgan fingerprint density at radius 1 is 0.912 bits per heavy atom. The van der Waals surface area contributed by atoms with E-state index in [1.54, 1.807) is 30.1 Å². The molecule has 1 aromatic heterocycles. The topological polar surface area (TPSA) is 88.2 Å². The van der Waals surface area contributed by atoms with E-state index in [1.165, 1.54) is 24.3 Å². The minimum absolute atomic E-state index is 0.0841. The van der Waals surface area contributed by atoms with Crippen molar-refractivity contribution in [3.63, 3.8) is 0 Å². The highest BCUT2D eigenvalue weighted by atomic mass is 32.2. The number of carbonyl (C=O) groups is 1. The summed E-state index contributed by atoms with van der Waals surface area (Å²) in [4.78, 5) is 17.1. The predicted octanol–water partition coefficient (Wildman–Crippen LogP) is 5.74. The Hall–Kier alpha value is -3.62. The number of para-hydroxylation sites is 1. The van der Waals surface area contributed by atoms with Gasteiger partial charge in [0.05, 0.1) is 15.6 Å². The minimum atomic E-state index is -3.76. The van der Waals surface area contributed by atoms with Gasteiger partial charge in [0.15, 0.2) is 0 Å². The number of sulfonamides is 1. The van der Waals surface area contributed by atoms with Gasteiger partial charge in [-0.2, -0.15) is 0 Å². The first-order valence-corrected chi connectivity index (χ1v) is 13.0. The van der Waals surface area contributed by atoms with Crippen LogP contribution in [-0.2, 0) is 15.8 Å². The number of anilines is 2. The molecule has 0 aliphatic rings. The van der Waals surface area contributed by atoms with Gasteiger partial charge in [0, 0.05) is 23.2 Å². The lowest BCUT2D eigenvalue weighted by Crippen LogP contribution is -2.15. The van der Waals surface area contributed by atoms with Crippen LogP contribution in [0.4, 0.5) is 11.4 Å². The number of aromatic nitrogens is 1. The number of benzene rings is 3. The van der Waals surface area contributed by atoms with Gasteiger partial charge < -0.3 is 5.32 Å². The molecule has 0 unspecified atom stereocenters. The number of pyridine rings is 1. The van der Waals surface area contributed by atoms with E-state index in [4.69, 9.17) is 0 Å². The molecule has 3 aromatic carbocycles. The predicted molar refractivity (Wildman–Crippen MR) is 137 cm³/mol. The molecule has 0 radical (unpaired) electrons. The van der Waals surface area contributed by atoms with Crippen LogP contribution >= 0.6 is 11.8 Å². The smallest absolute Gasteiger partial charge is 0.261 e. The molecular weight excluding hydrogens is 466 g/mol. The van der Waals surface area contributed by atoms with E-state index >= 15 is 0 Å². The zero-order valence-corrected chi connectivity index (χ0v) is 20.1. The van der Waals surface area contributed by atoms with Crippen molar-refractivity contribution >= 4 is 39.1 Å². The van der Waals surface area contributed by atoms with Crippen molar-refractivity contribution in [3.8, 4) is 0 Å². The molecule has 2 N–H and O–H groups in total. The monoisotopic (exact) mass is 489 g/mol. The van der Waals surface area contributed by atoms with Crippen molar-refractivity contribution in [1.82, 2.24) is 4.98 Å². The van der Waals surface area contributed by atoms with Crippen LogP contribution < -0.4 is 10.0 Å². The summed E-state index contributed by atoms with van der Waals surface area (Å²) < 4.78 is 28.0. The Morgan fingerprint density at radius 2 is 1.68 bits per heavy atom. The molecule has 0 aliphatic heterocycles. The van der Waals surface area contributed by atoms with Crippen molar-refractivity contribution in [3.05, 3.63) is 114 Å². The van der Waals surface area contributed by atoms with Crippen LogP contribution in [0.3, 0.4) is 0 Å². The van der Waals surface area contributed by atoms with Crippen molar-refractivity contribution in [2.75, 3.05) is 10.0 Å². The van der Waals surface area contributed by atoms with Crippen molar-refractivity contribution in [1.29, 1.82) is 0 Å². The molecule has 1 amide bonds. The molecule has 8 heteroatoms. The third kappa shape index (κ3) is 6.03. The van der Waals surface area contributed by atoms with Gasteiger partial charge in [-0.3, -0.25) is 9.52 Å². The summed E-state index contributed by atoms with van der Waals surface area (Å²) in [6, 6.07) is 26.4. The quantitative estimate of drug-likeness (QED) is 0.308. The molecule has 6 nitrogen and oxygen atoms in total. The maximum atomic E-state index is 12.7. The van der Waals surface area contributed by atoms with E-state index in [9.17, 15) is 13.2 Å². The summed E-state index contributed by atoms with van der Waals surface area (Å²) in [6.45, 7) is 1.83. The number of hydrogen-bond donors (Lipinski definition) is 2. The van der Waals surface area contributed by atoms with Gasteiger partial charge in [0.25, 0.3) is 15.9 Å². The van der Waals surface area contributed by atoms with Crippen LogP contribution in [0.25, 0.3) is 0 Å². The molecule has 0 fully saturated rings. The van der Waals surface area contributed by atoms with Gasteiger partial charge in [-0.15, -0.1) is 11.8 Å². The Bertz CT molecular complexity index is 1390. The second-order valence-corrected chi connectivity index (χ2v) is 10.2. The van der Waals surface area contributed by atoms with Crippen LogP contribution in [0.2, 0.25) is 0 Å². The first-order chi connectivity index (χ1) is 16.4. The van der Waals surface area contributed by atoms with Crippen LogP contribution in [0.5, 0.6) is 0 Å². The van der Waals surface area contributed by atoms with E-state index in [2.05, 4.69) is 15.0 Å². The Morgan fingerprint density at radius 3 is 2.41 bits per heavy atom. The number of nitrogens with one attached hydrogen (secondary N) is 2. The summed E-state index contributed by atoms with van der Waals surface area (Å²) in [5.41, 5.74) is 3.43. The third-order valence-corrected chi connectivity index (χ3v) is 7.42. The van der Waals surface area contributed by atoms with Gasteiger partial charge in [0.1, 0.15) is 0 Å². The molecule has 1 heterocycles. The highest BCUT2D eigenvalue weighted by Crippen LogP contribution is 2.23. The summed E-state index contributed by atoms with van der Waals surface area (Å²) in [5, 5.41) is 3.81. The first kappa shape index (κ1) is 23.5. The Balaban J connectivity index is 1.40. The van der Waals surface area contributed by atoms with Crippen molar-refractivity contribution in [2.24, 2.45) is 0 Å². The lowest BCUT2D eigenvalue weighted by molar-refractivity contribution is 0.102. The lowest BCUT2D eigenvalue weighted by Gasteiger charge is -2.11. The van der Waals surface area contributed by atoms with Crippen molar-refractivity contribution < 1.29 is 13.2 Å². The number of hydrogen-bond acceptors (Lipinski definition) is 5. The molecule has 0 spiro atoms. The van der Waals surface area contributed by atoms with Gasteiger partial charge in [-0.1, -0.05) is 36.4 Å². The molecule has 172 valence electrons. The van der Waals surface area contributed by atoms with E-state index < -0.39 is 10.0 Å². The average Bonchev–Trinajstić information content (AvgIpc) is 2.85. The van der Waals surface area contributed by atoms with Crippen LogP contribution in [0.15, 0.2) is 107 Å². The lowest BCUT2D eigenvalue weighted by atomic mass is 10.2. The molecule has 0 atom stereocenters. The summed E-state index contributed by atoms with van der Waals surface area (Å²) in [5.74, 6) is 0.409. The molecule has 0 bridgehead atoms. The number of aryl methyl sites for hydroxylation is 1. The van der Waals surface area contributed by atoms with E-state index in [0.717, 1.165) is 21.9 Å². The summed E-state index contributed by atoms with van der Waals surface area (Å²) in [6.07, 6.45) is 1.76. The molecule has 0 aliphatic carbocycles. The fourth-order valence-electron chi connectivity index (χ4n) is 3.21. The molecule has 4 rings (SSSR count). The van der Waals surface area contributed by atoms with E-state index in [-0.39, 0.29) is 10.8 Å². The average molecular weight is 490 g/mol. The zero-order chi connectivity index (χ0) is 24.0. The minimum Gasteiger partial charge on any atom is -0.322 e. The molecular formula is C26H23N3O3S2. The van der Waals surface area contributed by atoms with Crippen LogP contribution in [-0.4, -0.2) is 19.3 Å². The molecule has 34 heavy (non-hydrogen) atoms. The number of carbonyl (C=O) groups excluding carboxylic acids is 1. The fourth-order valence-corrected chi connectivity index (χ4v) is 5.14. The number of amides is 1. The zero-order valence-electron chi connectivity index (χ0n) is 18.4. The van der Waals surface area contributed by atoms with E-state index in [1.807, 2.05) is 61.5 Å². The molecule has 0 saturated carbocycles. The molecule has 0 saturated heterocycles. The summed E-state index contributed by atoms with van der Waals surface area (Å²) in [7, 11) is -3.76.